The number of aryl methyl sites for hydroxylation is 1. The van der Waals surface area contributed by atoms with Crippen LogP contribution in [-0.2, 0) is 16.6 Å². The normalized spacial score (nSPS) is 14.2. The molecule has 25 heavy (non-hydrogen) atoms. The average molecular weight is 358 g/mol. The van der Waals surface area contributed by atoms with Gasteiger partial charge in [-0.2, -0.15) is 0 Å². The van der Waals surface area contributed by atoms with Crippen LogP contribution in [0.15, 0.2) is 48.5 Å². The molecule has 1 aliphatic rings. The van der Waals surface area contributed by atoms with Crippen molar-refractivity contribution in [3.63, 3.8) is 0 Å². The molecule has 0 heterocycles. The van der Waals surface area contributed by atoms with Crippen molar-refractivity contribution < 1.29 is 13.2 Å². The molecule has 2 aromatic rings. The molecule has 0 spiro atoms. The fourth-order valence-electron chi connectivity index (χ4n) is 2.74. The fourth-order valence-corrected chi connectivity index (χ4v) is 3.29. The van der Waals surface area contributed by atoms with Crippen molar-refractivity contribution in [2.45, 2.75) is 32.4 Å². The molecule has 0 saturated heterocycles. The van der Waals surface area contributed by atoms with Gasteiger partial charge in [-0.3, -0.25) is 9.52 Å². The van der Waals surface area contributed by atoms with E-state index in [0.29, 0.717) is 17.8 Å². The van der Waals surface area contributed by atoms with E-state index >= 15 is 0 Å². The molecule has 3 rings (SSSR count). The molecule has 0 aliphatic heterocycles. The predicted octanol–water partition coefficient (Wildman–Crippen LogP) is 3.17. The number of benzene rings is 2. The lowest BCUT2D eigenvalue weighted by atomic mass is 10.1. The molecule has 0 unspecified atom stereocenters. The van der Waals surface area contributed by atoms with Crippen LogP contribution in [0.3, 0.4) is 0 Å². The van der Waals surface area contributed by atoms with Crippen molar-refractivity contribution in [2.75, 3.05) is 11.0 Å². The molecule has 0 radical (unpaired) electrons. The van der Waals surface area contributed by atoms with Crippen molar-refractivity contribution in [1.82, 2.24) is 4.90 Å². The summed E-state index contributed by atoms with van der Waals surface area (Å²) in [6.07, 6.45) is 3.12. The minimum atomic E-state index is -3.37. The Balaban J connectivity index is 1.81. The van der Waals surface area contributed by atoms with Crippen LogP contribution in [0, 0.1) is 6.92 Å². The number of sulfonamides is 1. The summed E-state index contributed by atoms with van der Waals surface area (Å²) in [6.45, 7) is 2.60. The number of hydrogen-bond acceptors (Lipinski definition) is 3. The third-order valence-electron chi connectivity index (χ3n) is 4.13. The van der Waals surface area contributed by atoms with Gasteiger partial charge < -0.3 is 4.90 Å². The summed E-state index contributed by atoms with van der Waals surface area (Å²) in [5.41, 5.74) is 3.18. The van der Waals surface area contributed by atoms with Crippen molar-refractivity contribution in [3.05, 3.63) is 65.2 Å². The van der Waals surface area contributed by atoms with Gasteiger partial charge in [-0.1, -0.05) is 35.9 Å². The maximum Gasteiger partial charge on any atom is 0.254 e. The molecule has 0 bridgehead atoms. The molecular weight excluding hydrogens is 336 g/mol. The largest absolute Gasteiger partial charge is 0.331 e. The van der Waals surface area contributed by atoms with E-state index in [0.717, 1.165) is 24.7 Å². The lowest BCUT2D eigenvalue weighted by molar-refractivity contribution is 0.0730. The first-order valence-corrected chi connectivity index (χ1v) is 10.2. The summed E-state index contributed by atoms with van der Waals surface area (Å²) in [5, 5.41) is 0. The van der Waals surface area contributed by atoms with Gasteiger partial charge in [0, 0.05) is 23.8 Å². The minimum absolute atomic E-state index is 0.0692. The topological polar surface area (TPSA) is 66.5 Å². The number of nitrogens with one attached hydrogen (secondary N) is 1. The van der Waals surface area contributed by atoms with Crippen molar-refractivity contribution in [3.8, 4) is 0 Å². The predicted molar refractivity (Wildman–Crippen MR) is 99.0 cm³/mol. The first kappa shape index (κ1) is 17.5. The monoisotopic (exact) mass is 358 g/mol. The van der Waals surface area contributed by atoms with Gasteiger partial charge in [-0.05, 0) is 43.5 Å². The first-order valence-electron chi connectivity index (χ1n) is 8.26. The number of carbonyl (C=O) groups excluding carboxylic acids is 1. The van der Waals surface area contributed by atoms with Crippen molar-refractivity contribution >= 4 is 21.6 Å². The van der Waals surface area contributed by atoms with Gasteiger partial charge in [0.25, 0.3) is 5.91 Å². The molecule has 6 heteroatoms. The van der Waals surface area contributed by atoms with Crippen LogP contribution in [0.5, 0.6) is 0 Å². The number of rotatable bonds is 6. The highest BCUT2D eigenvalue weighted by atomic mass is 32.2. The number of carbonyl (C=O) groups is 1. The Kier molecular flexibility index (Phi) is 4.81. The second kappa shape index (κ2) is 6.88. The molecule has 1 N–H and O–H groups in total. The second-order valence-corrected chi connectivity index (χ2v) is 8.35. The molecule has 132 valence electrons. The Bertz CT molecular complexity index is 872. The molecule has 1 amide bonds. The third kappa shape index (κ3) is 4.82. The quantitative estimate of drug-likeness (QED) is 0.862. The van der Waals surface area contributed by atoms with Crippen molar-refractivity contribution in [1.29, 1.82) is 0 Å². The second-order valence-electron chi connectivity index (χ2n) is 6.60. The maximum absolute atomic E-state index is 13.0. The molecule has 1 saturated carbocycles. The summed E-state index contributed by atoms with van der Waals surface area (Å²) >= 11 is 0. The van der Waals surface area contributed by atoms with Crippen LogP contribution in [-0.4, -0.2) is 31.5 Å². The van der Waals surface area contributed by atoms with E-state index in [1.807, 2.05) is 36.1 Å². The number of hydrogen-bond donors (Lipinski definition) is 1. The number of amides is 1. The van der Waals surface area contributed by atoms with E-state index in [1.54, 1.807) is 24.3 Å². The van der Waals surface area contributed by atoms with Crippen LogP contribution in [0.2, 0.25) is 0 Å². The fraction of sp³-hybridized carbons (Fsp3) is 0.316. The summed E-state index contributed by atoms with van der Waals surface area (Å²) in [7, 11) is -3.37. The smallest absolute Gasteiger partial charge is 0.254 e. The van der Waals surface area contributed by atoms with Crippen LogP contribution in [0.1, 0.15) is 34.3 Å². The Morgan fingerprint density at radius 2 is 1.84 bits per heavy atom. The van der Waals surface area contributed by atoms with Gasteiger partial charge in [0.1, 0.15) is 0 Å². The zero-order valence-electron chi connectivity index (χ0n) is 14.4. The van der Waals surface area contributed by atoms with Gasteiger partial charge in [0.05, 0.1) is 6.26 Å². The maximum atomic E-state index is 13.0. The Morgan fingerprint density at radius 1 is 1.16 bits per heavy atom. The summed E-state index contributed by atoms with van der Waals surface area (Å²) in [6, 6.07) is 15.1. The SMILES string of the molecule is Cc1ccc(CN(C(=O)c2cccc(NS(C)(=O)=O)c2)C2CC2)cc1. The van der Waals surface area contributed by atoms with Gasteiger partial charge in [0.15, 0.2) is 0 Å². The van der Waals surface area contributed by atoms with Gasteiger partial charge >= 0.3 is 0 Å². The Labute approximate surface area is 148 Å². The highest BCUT2D eigenvalue weighted by Gasteiger charge is 2.33. The zero-order valence-corrected chi connectivity index (χ0v) is 15.2. The van der Waals surface area contributed by atoms with Gasteiger partial charge in [-0.15, -0.1) is 0 Å². The average Bonchev–Trinajstić information content (AvgIpc) is 3.37. The summed E-state index contributed by atoms with van der Waals surface area (Å²) < 4.78 is 25.2. The van der Waals surface area contributed by atoms with E-state index in [9.17, 15) is 13.2 Å². The van der Waals surface area contributed by atoms with Gasteiger partial charge in [-0.25, -0.2) is 8.42 Å². The molecule has 2 aromatic carbocycles. The van der Waals surface area contributed by atoms with Crippen LogP contribution in [0.25, 0.3) is 0 Å². The zero-order chi connectivity index (χ0) is 18.0. The van der Waals surface area contributed by atoms with E-state index < -0.39 is 10.0 Å². The van der Waals surface area contributed by atoms with E-state index in [-0.39, 0.29) is 11.9 Å². The summed E-state index contributed by atoms with van der Waals surface area (Å²) in [4.78, 5) is 14.8. The summed E-state index contributed by atoms with van der Waals surface area (Å²) in [5.74, 6) is -0.0692. The molecule has 1 aliphatic carbocycles. The standard InChI is InChI=1S/C19H22N2O3S/c1-14-6-8-15(9-7-14)13-21(18-10-11-18)19(22)16-4-3-5-17(12-16)20-25(2,23)24/h3-9,12,18,20H,10-11,13H2,1-2H3. The molecule has 1 fully saturated rings. The molecule has 0 aromatic heterocycles. The number of anilines is 1. The highest BCUT2D eigenvalue weighted by molar-refractivity contribution is 7.92. The van der Waals surface area contributed by atoms with E-state index in [2.05, 4.69) is 4.72 Å². The van der Waals surface area contributed by atoms with Gasteiger partial charge in [0.2, 0.25) is 10.0 Å². The Hall–Kier alpha value is -2.34. The van der Waals surface area contributed by atoms with Crippen LogP contribution < -0.4 is 4.72 Å². The lowest BCUT2D eigenvalue weighted by Gasteiger charge is -2.23. The lowest BCUT2D eigenvalue weighted by Crippen LogP contribution is -2.32. The molecule has 0 atom stereocenters. The first-order chi connectivity index (χ1) is 11.8. The molecule has 5 nitrogen and oxygen atoms in total. The van der Waals surface area contributed by atoms with Crippen LogP contribution in [0.4, 0.5) is 5.69 Å². The Morgan fingerprint density at radius 3 is 2.44 bits per heavy atom. The minimum Gasteiger partial charge on any atom is -0.331 e. The van der Waals surface area contributed by atoms with Crippen LogP contribution >= 0.6 is 0 Å². The van der Waals surface area contributed by atoms with E-state index in [1.165, 1.54) is 5.56 Å². The molecular formula is C19H22N2O3S. The highest BCUT2D eigenvalue weighted by Crippen LogP contribution is 2.30. The number of nitrogens with zero attached hydrogens (tertiary/aromatic N) is 1. The van der Waals surface area contributed by atoms with Crippen molar-refractivity contribution in [2.24, 2.45) is 0 Å². The third-order valence-corrected chi connectivity index (χ3v) is 4.74. The van der Waals surface area contributed by atoms with E-state index in [4.69, 9.17) is 0 Å².